The second kappa shape index (κ2) is 13.1. The topological polar surface area (TPSA) is 38.7 Å². The van der Waals surface area contributed by atoms with E-state index in [-0.39, 0.29) is 0 Å². The molecule has 8 aromatic rings. The molecule has 0 aliphatic rings. The molecule has 0 atom stereocenters. The molecule has 0 N–H and O–H groups in total. The molecule has 0 fully saturated rings. The predicted molar refractivity (Wildman–Crippen MR) is 198 cm³/mol. The Bertz CT molecular complexity index is 2330. The Labute approximate surface area is 280 Å². The highest BCUT2D eigenvalue weighted by Gasteiger charge is 2.19. The van der Waals surface area contributed by atoms with Crippen LogP contribution in [0, 0.1) is 0 Å². The van der Waals surface area contributed by atoms with Gasteiger partial charge in [0.25, 0.3) is 0 Å². The molecular formula is C45H31N3. The molecule has 0 bridgehead atoms. The van der Waals surface area contributed by atoms with E-state index >= 15 is 0 Å². The summed E-state index contributed by atoms with van der Waals surface area (Å²) >= 11 is 0. The highest BCUT2D eigenvalue weighted by atomic mass is 15.0. The molecule has 0 aliphatic carbocycles. The van der Waals surface area contributed by atoms with Crippen molar-refractivity contribution >= 4 is 0 Å². The Morgan fingerprint density at radius 2 is 0.562 bits per heavy atom. The lowest BCUT2D eigenvalue weighted by Gasteiger charge is -2.17. The number of benzene rings is 7. The molecule has 3 nitrogen and oxygen atoms in total. The summed E-state index contributed by atoms with van der Waals surface area (Å²) in [5, 5.41) is 0. The largest absolute Gasteiger partial charge is 0.208 e. The summed E-state index contributed by atoms with van der Waals surface area (Å²) in [6, 6.07) is 65.2. The van der Waals surface area contributed by atoms with E-state index in [1.807, 2.05) is 36.4 Å². The normalized spacial score (nSPS) is 10.9. The maximum atomic E-state index is 5.17. The summed E-state index contributed by atoms with van der Waals surface area (Å²) in [5.41, 5.74) is 12.0. The Balaban J connectivity index is 1.31. The fourth-order valence-corrected chi connectivity index (χ4v) is 6.26. The van der Waals surface area contributed by atoms with Crippen LogP contribution in [0.2, 0.25) is 0 Å². The second-order valence-corrected chi connectivity index (χ2v) is 11.6. The first-order valence-electron chi connectivity index (χ1n) is 16.1. The van der Waals surface area contributed by atoms with Gasteiger partial charge in [0.2, 0.25) is 0 Å². The highest BCUT2D eigenvalue weighted by molar-refractivity contribution is 5.95. The van der Waals surface area contributed by atoms with Crippen molar-refractivity contribution in [2.75, 3.05) is 0 Å². The molecule has 7 aromatic carbocycles. The fraction of sp³-hybridized carbons (Fsp3) is 0. The monoisotopic (exact) mass is 613 g/mol. The van der Waals surface area contributed by atoms with Gasteiger partial charge in [-0.2, -0.15) is 0 Å². The number of rotatable bonds is 7. The highest BCUT2D eigenvalue weighted by Crippen LogP contribution is 2.41. The molecule has 3 heteroatoms. The van der Waals surface area contributed by atoms with Crippen LogP contribution in [0.5, 0.6) is 0 Å². The Morgan fingerprint density at radius 1 is 0.208 bits per heavy atom. The lowest BCUT2D eigenvalue weighted by atomic mass is 9.88. The molecule has 8 rings (SSSR count). The van der Waals surface area contributed by atoms with Gasteiger partial charge < -0.3 is 0 Å². The molecule has 0 radical (unpaired) electrons. The first kappa shape index (κ1) is 29.0. The first-order chi connectivity index (χ1) is 23.8. The molecule has 0 unspecified atom stereocenters. The van der Waals surface area contributed by atoms with Crippen LogP contribution in [0.3, 0.4) is 0 Å². The predicted octanol–water partition coefficient (Wildman–Crippen LogP) is 11.5. The van der Waals surface area contributed by atoms with Crippen LogP contribution in [-0.4, -0.2) is 15.0 Å². The van der Waals surface area contributed by atoms with Crippen LogP contribution in [0.15, 0.2) is 188 Å². The minimum Gasteiger partial charge on any atom is -0.208 e. The lowest BCUT2D eigenvalue weighted by Crippen LogP contribution is -2.01. The molecule has 0 amide bonds. The maximum absolute atomic E-state index is 5.17. The third-order valence-electron chi connectivity index (χ3n) is 8.58. The molecule has 0 saturated carbocycles. The van der Waals surface area contributed by atoms with Gasteiger partial charge >= 0.3 is 0 Å². The van der Waals surface area contributed by atoms with Crippen molar-refractivity contribution in [3.05, 3.63) is 188 Å². The summed E-state index contributed by atoms with van der Waals surface area (Å²) in [6.07, 6.45) is 0. The molecule has 0 saturated heterocycles. The smallest absolute Gasteiger partial charge is 0.164 e. The minimum atomic E-state index is 0.630. The molecule has 226 valence electrons. The average molecular weight is 614 g/mol. The third kappa shape index (κ3) is 5.81. The van der Waals surface area contributed by atoms with Gasteiger partial charge in [-0.15, -0.1) is 0 Å². The van der Waals surface area contributed by atoms with Crippen LogP contribution >= 0.6 is 0 Å². The molecule has 48 heavy (non-hydrogen) atoms. The van der Waals surface area contributed by atoms with Gasteiger partial charge in [0.15, 0.2) is 17.5 Å². The lowest BCUT2D eigenvalue weighted by molar-refractivity contribution is 1.07. The van der Waals surface area contributed by atoms with Crippen molar-refractivity contribution in [2.24, 2.45) is 0 Å². The Hall–Kier alpha value is -6.45. The standard InChI is InChI=1S/C45H31N3/c1-4-17-32(18-5-1)35-23-16-24-36(31-35)44-46-43(34-21-8-3-9-22-34)47-45(48-44)42-30-15-14-29-41(42)40-28-13-12-27-39(40)38-26-11-10-25-37(38)33-19-6-2-7-20-33/h1-31H. The molecule has 0 spiro atoms. The van der Waals surface area contributed by atoms with Gasteiger partial charge in [-0.1, -0.05) is 182 Å². The number of nitrogens with zero attached hydrogens (tertiary/aromatic N) is 3. The van der Waals surface area contributed by atoms with E-state index in [9.17, 15) is 0 Å². The van der Waals surface area contributed by atoms with Crippen molar-refractivity contribution in [3.8, 4) is 78.7 Å². The summed E-state index contributed by atoms with van der Waals surface area (Å²) in [4.78, 5) is 15.3. The number of aromatic nitrogens is 3. The van der Waals surface area contributed by atoms with E-state index in [0.29, 0.717) is 17.5 Å². The second-order valence-electron chi connectivity index (χ2n) is 11.6. The summed E-state index contributed by atoms with van der Waals surface area (Å²) in [5.74, 6) is 1.90. The van der Waals surface area contributed by atoms with E-state index in [1.54, 1.807) is 0 Å². The first-order valence-corrected chi connectivity index (χ1v) is 16.1. The van der Waals surface area contributed by atoms with Crippen LogP contribution in [-0.2, 0) is 0 Å². The SMILES string of the molecule is c1ccc(-c2cccc(-c3nc(-c4ccccc4)nc(-c4ccccc4-c4ccccc4-c4ccccc4-c4ccccc4)n3)c2)cc1. The number of hydrogen-bond acceptors (Lipinski definition) is 3. The van der Waals surface area contributed by atoms with Crippen molar-refractivity contribution in [2.45, 2.75) is 0 Å². The minimum absolute atomic E-state index is 0.630. The maximum Gasteiger partial charge on any atom is 0.164 e. The zero-order valence-corrected chi connectivity index (χ0v) is 26.2. The Morgan fingerprint density at radius 3 is 1.15 bits per heavy atom. The van der Waals surface area contributed by atoms with Crippen molar-refractivity contribution in [1.29, 1.82) is 0 Å². The summed E-state index contributed by atoms with van der Waals surface area (Å²) < 4.78 is 0. The quantitative estimate of drug-likeness (QED) is 0.179. The summed E-state index contributed by atoms with van der Waals surface area (Å²) in [7, 11) is 0. The van der Waals surface area contributed by atoms with Crippen molar-refractivity contribution in [3.63, 3.8) is 0 Å². The zero-order chi connectivity index (χ0) is 32.1. The van der Waals surface area contributed by atoms with E-state index in [0.717, 1.165) is 44.5 Å². The van der Waals surface area contributed by atoms with Gasteiger partial charge in [0.1, 0.15) is 0 Å². The van der Waals surface area contributed by atoms with Crippen LogP contribution < -0.4 is 0 Å². The van der Waals surface area contributed by atoms with E-state index in [1.165, 1.54) is 16.7 Å². The molecule has 1 heterocycles. The van der Waals surface area contributed by atoms with Crippen LogP contribution in [0.1, 0.15) is 0 Å². The molecular weight excluding hydrogens is 583 g/mol. The van der Waals surface area contributed by atoms with Gasteiger partial charge in [-0.3, -0.25) is 0 Å². The number of hydrogen-bond donors (Lipinski definition) is 0. The van der Waals surface area contributed by atoms with E-state index in [2.05, 4.69) is 152 Å². The molecule has 1 aromatic heterocycles. The third-order valence-corrected chi connectivity index (χ3v) is 8.58. The van der Waals surface area contributed by atoms with E-state index in [4.69, 9.17) is 15.0 Å². The summed E-state index contributed by atoms with van der Waals surface area (Å²) in [6.45, 7) is 0. The fourth-order valence-electron chi connectivity index (χ4n) is 6.26. The van der Waals surface area contributed by atoms with Gasteiger partial charge in [-0.05, 0) is 50.6 Å². The van der Waals surface area contributed by atoms with Gasteiger partial charge in [0, 0.05) is 16.7 Å². The van der Waals surface area contributed by atoms with Crippen molar-refractivity contribution in [1.82, 2.24) is 15.0 Å². The van der Waals surface area contributed by atoms with Crippen LogP contribution in [0.4, 0.5) is 0 Å². The van der Waals surface area contributed by atoms with Crippen LogP contribution in [0.25, 0.3) is 78.7 Å². The molecule has 0 aliphatic heterocycles. The van der Waals surface area contributed by atoms with E-state index < -0.39 is 0 Å². The van der Waals surface area contributed by atoms with Crippen molar-refractivity contribution < 1.29 is 0 Å². The van der Waals surface area contributed by atoms with Gasteiger partial charge in [0.05, 0.1) is 0 Å². The average Bonchev–Trinajstić information content (AvgIpc) is 3.19. The van der Waals surface area contributed by atoms with Gasteiger partial charge in [-0.25, -0.2) is 15.0 Å². The zero-order valence-electron chi connectivity index (χ0n) is 26.2. The Kier molecular flexibility index (Phi) is 7.92.